The van der Waals surface area contributed by atoms with Crippen molar-refractivity contribution in [2.24, 2.45) is 5.92 Å². The first-order valence-electron chi connectivity index (χ1n) is 6.70. The summed E-state index contributed by atoms with van der Waals surface area (Å²) >= 11 is 0. The number of unbranched alkanes of at least 4 members (excludes halogenated alkanes) is 1. The van der Waals surface area contributed by atoms with E-state index in [0.29, 0.717) is 12.2 Å². The fourth-order valence-corrected chi connectivity index (χ4v) is 4.15. The van der Waals surface area contributed by atoms with Crippen LogP contribution in [0.5, 0.6) is 0 Å². The molecule has 1 saturated carbocycles. The van der Waals surface area contributed by atoms with E-state index >= 15 is 0 Å². The molecule has 0 bridgehead atoms. The van der Waals surface area contributed by atoms with Crippen molar-refractivity contribution in [2.45, 2.75) is 76.4 Å². The molecule has 1 saturated heterocycles. The van der Waals surface area contributed by atoms with Gasteiger partial charge in [0.1, 0.15) is 0 Å². The normalized spacial score (nSPS) is 35.0. The monoisotopic (exact) mass is 226 g/mol. The molecular weight excluding hydrogens is 200 g/mol. The van der Waals surface area contributed by atoms with Crippen LogP contribution in [0.1, 0.15) is 38.5 Å². The lowest BCUT2D eigenvalue weighted by molar-refractivity contribution is 0.346. The number of epoxide rings is 1. The summed E-state index contributed by atoms with van der Waals surface area (Å²) in [4.78, 5) is 0. The van der Waals surface area contributed by atoms with Crippen LogP contribution in [0.2, 0.25) is 25.7 Å². The molecule has 2 fully saturated rings. The van der Waals surface area contributed by atoms with Crippen LogP contribution in [0.3, 0.4) is 0 Å². The van der Waals surface area contributed by atoms with Gasteiger partial charge >= 0.3 is 0 Å². The Labute approximate surface area is 95.6 Å². The van der Waals surface area contributed by atoms with Gasteiger partial charge in [-0.2, -0.15) is 0 Å². The molecule has 1 aliphatic carbocycles. The number of fused-ring (bicyclic) bond motifs is 1. The van der Waals surface area contributed by atoms with E-state index in [2.05, 4.69) is 19.6 Å². The molecule has 0 aromatic carbocycles. The molecule has 3 atom stereocenters. The van der Waals surface area contributed by atoms with Crippen molar-refractivity contribution >= 4 is 8.07 Å². The standard InChI is InChI=1S/C13H26OSi/c1-15(2,3)9-5-4-6-11-7-8-12-13(10-11)14-12/h11-13H,4-10H2,1-3H3. The summed E-state index contributed by atoms with van der Waals surface area (Å²) in [6.07, 6.45) is 9.93. The molecule has 2 heteroatoms. The summed E-state index contributed by atoms with van der Waals surface area (Å²) in [7, 11) is -0.774. The van der Waals surface area contributed by atoms with E-state index in [4.69, 9.17) is 4.74 Å². The smallest absolute Gasteiger partial charge is 0.0844 e. The first-order valence-corrected chi connectivity index (χ1v) is 10.4. The van der Waals surface area contributed by atoms with Gasteiger partial charge in [0, 0.05) is 8.07 Å². The van der Waals surface area contributed by atoms with Gasteiger partial charge in [-0.1, -0.05) is 44.9 Å². The maximum absolute atomic E-state index is 5.58. The lowest BCUT2D eigenvalue weighted by atomic mass is 9.86. The van der Waals surface area contributed by atoms with Crippen LogP contribution < -0.4 is 0 Å². The second-order valence-corrected chi connectivity index (χ2v) is 12.3. The van der Waals surface area contributed by atoms with Gasteiger partial charge in [-0.15, -0.1) is 0 Å². The zero-order valence-electron chi connectivity index (χ0n) is 10.6. The predicted molar refractivity (Wildman–Crippen MR) is 68.0 cm³/mol. The molecule has 0 radical (unpaired) electrons. The minimum atomic E-state index is -0.774. The maximum Gasteiger partial charge on any atom is 0.0844 e. The fraction of sp³-hybridized carbons (Fsp3) is 1.00. The van der Waals surface area contributed by atoms with Gasteiger partial charge < -0.3 is 4.74 Å². The summed E-state index contributed by atoms with van der Waals surface area (Å²) < 4.78 is 5.58. The van der Waals surface area contributed by atoms with Crippen molar-refractivity contribution in [3.05, 3.63) is 0 Å². The van der Waals surface area contributed by atoms with Gasteiger partial charge in [-0.3, -0.25) is 0 Å². The van der Waals surface area contributed by atoms with Crippen molar-refractivity contribution in [3.63, 3.8) is 0 Å². The van der Waals surface area contributed by atoms with Crippen molar-refractivity contribution in [3.8, 4) is 0 Å². The molecule has 0 amide bonds. The van der Waals surface area contributed by atoms with Crippen molar-refractivity contribution in [2.75, 3.05) is 0 Å². The van der Waals surface area contributed by atoms with Gasteiger partial charge in [-0.25, -0.2) is 0 Å². The largest absolute Gasteiger partial charge is 0.370 e. The molecule has 88 valence electrons. The second-order valence-electron chi connectivity index (χ2n) is 6.70. The Morgan fingerprint density at radius 1 is 1.07 bits per heavy atom. The van der Waals surface area contributed by atoms with Crippen LogP contribution in [0.15, 0.2) is 0 Å². The van der Waals surface area contributed by atoms with E-state index in [0.717, 1.165) is 5.92 Å². The van der Waals surface area contributed by atoms with Crippen LogP contribution in [0.25, 0.3) is 0 Å². The van der Waals surface area contributed by atoms with Crippen LogP contribution in [0, 0.1) is 5.92 Å². The Hall–Kier alpha value is 0.177. The zero-order chi connectivity index (χ0) is 10.9. The van der Waals surface area contributed by atoms with E-state index in [1.165, 1.54) is 44.6 Å². The minimum Gasteiger partial charge on any atom is -0.370 e. The predicted octanol–water partition coefficient (Wildman–Crippen LogP) is 4.06. The average molecular weight is 226 g/mol. The lowest BCUT2D eigenvalue weighted by Crippen LogP contribution is -2.19. The summed E-state index contributed by atoms with van der Waals surface area (Å²) in [6.45, 7) is 7.45. The number of ether oxygens (including phenoxy) is 1. The van der Waals surface area contributed by atoms with E-state index in [-0.39, 0.29) is 0 Å². The lowest BCUT2D eigenvalue weighted by Gasteiger charge is -2.20. The second kappa shape index (κ2) is 4.58. The summed E-state index contributed by atoms with van der Waals surface area (Å²) in [6, 6.07) is 1.52. The van der Waals surface area contributed by atoms with Gasteiger partial charge in [0.2, 0.25) is 0 Å². The van der Waals surface area contributed by atoms with Crippen LogP contribution in [-0.2, 0) is 4.74 Å². The molecule has 3 unspecified atom stereocenters. The molecule has 2 rings (SSSR count). The SMILES string of the molecule is C[Si](C)(C)CCCCC1CCC2OC2C1. The molecule has 0 aromatic heterocycles. The number of rotatable bonds is 5. The highest BCUT2D eigenvalue weighted by molar-refractivity contribution is 6.76. The highest BCUT2D eigenvalue weighted by Crippen LogP contribution is 2.41. The van der Waals surface area contributed by atoms with Crippen LogP contribution in [0.4, 0.5) is 0 Å². The van der Waals surface area contributed by atoms with E-state index in [1.807, 2.05) is 0 Å². The maximum atomic E-state index is 5.58. The molecule has 1 nitrogen and oxygen atoms in total. The molecule has 15 heavy (non-hydrogen) atoms. The van der Waals surface area contributed by atoms with Crippen molar-refractivity contribution in [1.82, 2.24) is 0 Å². The van der Waals surface area contributed by atoms with Crippen molar-refractivity contribution < 1.29 is 4.74 Å². The van der Waals surface area contributed by atoms with E-state index < -0.39 is 8.07 Å². The molecule has 1 heterocycles. The molecular formula is C13H26OSi. The number of hydrogen-bond acceptors (Lipinski definition) is 1. The average Bonchev–Trinajstić information content (AvgIpc) is 2.88. The minimum absolute atomic E-state index is 0.681. The highest BCUT2D eigenvalue weighted by Gasteiger charge is 2.43. The zero-order valence-corrected chi connectivity index (χ0v) is 11.6. The number of hydrogen-bond donors (Lipinski definition) is 0. The Morgan fingerprint density at radius 3 is 2.53 bits per heavy atom. The third-order valence-corrected chi connectivity index (χ3v) is 5.76. The van der Waals surface area contributed by atoms with E-state index in [1.54, 1.807) is 0 Å². The first kappa shape index (κ1) is 11.7. The van der Waals surface area contributed by atoms with Gasteiger partial charge in [0.15, 0.2) is 0 Å². The van der Waals surface area contributed by atoms with Crippen LogP contribution >= 0.6 is 0 Å². The molecule has 0 aromatic rings. The fourth-order valence-electron chi connectivity index (χ4n) is 2.84. The van der Waals surface area contributed by atoms with E-state index in [9.17, 15) is 0 Å². The molecule has 0 spiro atoms. The third kappa shape index (κ3) is 3.91. The van der Waals surface area contributed by atoms with Crippen molar-refractivity contribution in [1.29, 1.82) is 0 Å². The summed E-state index contributed by atoms with van der Waals surface area (Å²) in [5.41, 5.74) is 0. The Bertz CT molecular complexity index is 209. The van der Waals surface area contributed by atoms with Gasteiger partial charge in [0.25, 0.3) is 0 Å². The Balaban J connectivity index is 1.54. The highest BCUT2D eigenvalue weighted by atomic mass is 28.3. The summed E-state index contributed by atoms with van der Waals surface area (Å²) in [5.74, 6) is 0.996. The van der Waals surface area contributed by atoms with Gasteiger partial charge in [-0.05, 0) is 25.2 Å². The molecule has 2 aliphatic rings. The Morgan fingerprint density at radius 2 is 1.87 bits per heavy atom. The van der Waals surface area contributed by atoms with Gasteiger partial charge in [0.05, 0.1) is 12.2 Å². The topological polar surface area (TPSA) is 12.5 Å². The molecule has 1 aliphatic heterocycles. The van der Waals surface area contributed by atoms with Crippen LogP contribution in [-0.4, -0.2) is 20.3 Å². The Kier molecular flexibility index (Phi) is 3.56. The summed E-state index contributed by atoms with van der Waals surface area (Å²) in [5, 5.41) is 0. The third-order valence-electron chi connectivity index (χ3n) is 3.90. The first-order chi connectivity index (χ1) is 7.04. The quantitative estimate of drug-likeness (QED) is 0.391. The molecule has 0 N–H and O–H groups in total.